The maximum Gasteiger partial charge on any atom is 0.242 e. The molecule has 6 heteroatoms. The minimum absolute atomic E-state index is 0.00258. The number of thioether (sulfide) groups is 1. The number of carbonyl (C=O) groups excluding carboxylic acids is 2. The van der Waals surface area contributed by atoms with E-state index in [0.29, 0.717) is 17.1 Å². The Kier molecular flexibility index (Phi) is 8.77. The summed E-state index contributed by atoms with van der Waals surface area (Å²) >= 11 is 7.67. The molecule has 0 saturated carbocycles. The number of unbranched alkanes of at least 4 members (excludes halogenated alkanes) is 1. The van der Waals surface area contributed by atoms with E-state index < -0.39 is 5.25 Å². The van der Waals surface area contributed by atoms with Crippen LogP contribution in [0.2, 0.25) is 5.02 Å². The van der Waals surface area contributed by atoms with E-state index in [4.69, 9.17) is 11.6 Å². The predicted octanol–water partition coefficient (Wildman–Crippen LogP) is 7.25. The van der Waals surface area contributed by atoms with E-state index in [-0.39, 0.29) is 11.8 Å². The largest absolute Gasteiger partial charge is 0.326 e. The van der Waals surface area contributed by atoms with Gasteiger partial charge in [-0.05, 0) is 54.8 Å². The molecule has 0 saturated heterocycles. The Morgan fingerprint density at radius 1 is 0.969 bits per heavy atom. The molecule has 4 nitrogen and oxygen atoms in total. The summed E-state index contributed by atoms with van der Waals surface area (Å²) in [6.45, 7) is 3.94. The van der Waals surface area contributed by atoms with Crippen molar-refractivity contribution in [1.82, 2.24) is 0 Å². The van der Waals surface area contributed by atoms with Crippen LogP contribution in [0.5, 0.6) is 0 Å². The molecule has 0 spiro atoms. The molecule has 2 N–H and O–H groups in total. The fourth-order valence-corrected chi connectivity index (χ4v) is 4.44. The molecule has 0 bridgehead atoms. The second kappa shape index (κ2) is 11.7. The Hall–Kier alpha value is -2.76. The Morgan fingerprint density at radius 3 is 2.47 bits per heavy atom. The normalized spacial score (nSPS) is 11.6. The highest BCUT2D eigenvalue weighted by atomic mass is 35.5. The molecule has 0 aliphatic carbocycles. The lowest BCUT2D eigenvalue weighted by Crippen LogP contribution is -2.19. The number of benzene rings is 3. The third kappa shape index (κ3) is 6.62. The third-order valence-corrected chi connectivity index (χ3v) is 6.65. The molecule has 1 atom stereocenters. The number of hydrogen-bond donors (Lipinski definition) is 2. The number of anilines is 2. The van der Waals surface area contributed by atoms with Crippen LogP contribution in [-0.4, -0.2) is 11.8 Å². The Bertz CT molecular complexity index is 1070. The van der Waals surface area contributed by atoms with Crippen LogP contribution in [0.3, 0.4) is 0 Å². The Balaban J connectivity index is 1.81. The molecule has 3 aromatic carbocycles. The van der Waals surface area contributed by atoms with Gasteiger partial charge in [0.25, 0.3) is 0 Å². The van der Waals surface area contributed by atoms with E-state index in [2.05, 4.69) is 17.6 Å². The molecule has 3 aromatic rings. The van der Waals surface area contributed by atoms with Crippen molar-refractivity contribution in [2.75, 3.05) is 10.6 Å². The minimum Gasteiger partial charge on any atom is -0.326 e. The van der Waals surface area contributed by atoms with Crippen molar-refractivity contribution in [1.29, 1.82) is 0 Å². The number of hydrogen-bond acceptors (Lipinski definition) is 3. The van der Waals surface area contributed by atoms with E-state index in [1.165, 1.54) is 11.8 Å². The van der Waals surface area contributed by atoms with Crippen molar-refractivity contribution in [3.05, 3.63) is 88.9 Å². The van der Waals surface area contributed by atoms with E-state index in [1.807, 2.05) is 73.7 Å². The topological polar surface area (TPSA) is 58.2 Å². The molecule has 0 radical (unpaired) electrons. The molecule has 0 aliphatic heterocycles. The first kappa shape index (κ1) is 23.9. The van der Waals surface area contributed by atoms with Gasteiger partial charge in [-0.3, -0.25) is 9.59 Å². The average molecular weight is 467 g/mol. The number of carbonyl (C=O) groups is 2. The summed E-state index contributed by atoms with van der Waals surface area (Å²) in [5.41, 5.74) is 3.15. The standard InChI is InChI=1S/C26H27ClN2O2S/c1-3-4-16-24(30)28-20-12-8-13-21(17-20)32-25(19-10-6-5-7-11-19)26(31)29-23-15-9-14-22(27)18(23)2/h5-15,17,25H,3-4,16H2,1-2H3,(H,28,30)(H,29,31). The van der Waals surface area contributed by atoms with Crippen LogP contribution in [0, 0.1) is 6.92 Å². The van der Waals surface area contributed by atoms with Gasteiger partial charge >= 0.3 is 0 Å². The van der Waals surface area contributed by atoms with Crippen LogP contribution in [0.1, 0.15) is 42.6 Å². The van der Waals surface area contributed by atoms with Crippen LogP contribution in [0.4, 0.5) is 11.4 Å². The maximum atomic E-state index is 13.3. The van der Waals surface area contributed by atoms with Crippen molar-refractivity contribution >= 4 is 46.6 Å². The molecular weight excluding hydrogens is 440 g/mol. The Labute approximate surface area is 198 Å². The zero-order valence-corrected chi connectivity index (χ0v) is 19.8. The second-order valence-electron chi connectivity index (χ2n) is 7.49. The van der Waals surface area contributed by atoms with Gasteiger partial charge in [0, 0.05) is 27.7 Å². The Morgan fingerprint density at radius 2 is 1.72 bits per heavy atom. The van der Waals surface area contributed by atoms with Gasteiger partial charge in [-0.2, -0.15) is 0 Å². The van der Waals surface area contributed by atoms with Crippen LogP contribution in [0.15, 0.2) is 77.7 Å². The fraction of sp³-hybridized carbons (Fsp3) is 0.231. The first-order valence-electron chi connectivity index (χ1n) is 10.7. The quantitative estimate of drug-likeness (QED) is 0.326. The lowest BCUT2D eigenvalue weighted by atomic mass is 10.1. The lowest BCUT2D eigenvalue weighted by Gasteiger charge is -2.19. The number of amides is 2. The molecule has 0 aliphatic rings. The maximum absolute atomic E-state index is 13.3. The summed E-state index contributed by atoms with van der Waals surface area (Å²) < 4.78 is 0. The van der Waals surface area contributed by atoms with Gasteiger partial charge in [-0.1, -0.05) is 67.4 Å². The van der Waals surface area contributed by atoms with E-state index in [9.17, 15) is 9.59 Å². The van der Waals surface area contributed by atoms with Crippen molar-refractivity contribution in [3.63, 3.8) is 0 Å². The fourth-order valence-electron chi connectivity index (χ4n) is 3.19. The molecule has 166 valence electrons. The molecule has 32 heavy (non-hydrogen) atoms. The summed E-state index contributed by atoms with van der Waals surface area (Å²) in [4.78, 5) is 26.3. The van der Waals surface area contributed by atoms with E-state index in [1.54, 1.807) is 6.07 Å². The zero-order chi connectivity index (χ0) is 22.9. The summed E-state index contributed by atoms with van der Waals surface area (Å²) in [5, 5.41) is 6.11. The van der Waals surface area contributed by atoms with E-state index >= 15 is 0 Å². The molecule has 0 aromatic heterocycles. The van der Waals surface area contributed by atoms with Crippen molar-refractivity contribution in [2.24, 2.45) is 0 Å². The van der Waals surface area contributed by atoms with Crippen LogP contribution < -0.4 is 10.6 Å². The summed E-state index contributed by atoms with van der Waals surface area (Å²) in [6.07, 6.45) is 2.34. The van der Waals surface area contributed by atoms with Gasteiger partial charge in [0.15, 0.2) is 0 Å². The molecule has 0 fully saturated rings. The molecular formula is C26H27ClN2O2S. The first-order chi connectivity index (χ1) is 15.5. The van der Waals surface area contributed by atoms with Crippen molar-refractivity contribution in [3.8, 4) is 0 Å². The number of rotatable bonds is 9. The molecule has 2 amide bonds. The average Bonchev–Trinajstić information content (AvgIpc) is 2.80. The number of nitrogens with one attached hydrogen (secondary N) is 2. The highest BCUT2D eigenvalue weighted by Crippen LogP contribution is 2.37. The highest BCUT2D eigenvalue weighted by molar-refractivity contribution is 8.00. The van der Waals surface area contributed by atoms with Crippen molar-refractivity contribution < 1.29 is 9.59 Å². The summed E-state index contributed by atoms with van der Waals surface area (Å²) in [6, 6.07) is 22.7. The lowest BCUT2D eigenvalue weighted by molar-refractivity contribution is -0.116. The SMILES string of the molecule is CCCCC(=O)Nc1cccc(SC(C(=O)Nc2cccc(Cl)c2C)c2ccccc2)c1. The minimum atomic E-state index is -0.472. The van der Waals surface area contributed by atoms with Gasteiger partial charge in [0.1, 0.15) is 5.25 Å². The van der Waals surface area contributed by atoms with E-state index in [0.717, 1.165) is 34.6 Å². The van der Waals surface area contributed by atoms with Gasteiger partial charge in [0.05, 0.1) is 0 Å². The smallest absolute Gasteiger partial charge is 0.242 e. The summed E-state index contributed by atoms with van der Waals surface area (Å²) in [7, 11) is 0. The van der Waals surface area contributed by atoms with Crippen LogP contribution in [0.25, 0.3) is 0 Å². The third-order valence-electron chi connectivity index (χ3n) is 5.00. The molecule has 0 heterocycles. The van der Waals surface area contributed by atoms with Gasteiger partial charge in [-0.25, -0.2) is 0 Å². The predicted molar refractivity (Wildman–Crippen MR) is 134 cm³/mol. The summed E-state index contributed by atoms with van der Waals surface area (Å²) in [5.74, 6) is -0.133. The van der Waals surface area contributed by atoms with Crippen molar-refractivity contribution in [2.45, 2.75) is 43.3 Å². The van der Waals surface area contributed by atoms with Crippen LogP contribution >= 0.6 is 23.4 Å². The molecule has 1 unspecified atom stereocenters. The van der Waals surface area contributed by atoms with Gasteiger partial charge in [-0.15, -0.1) is 11.8 Å². The molecule has 3 rings (SSSR count). The van der Waals surface area contributed by atoms with Gasteiger partial charge in [0.2, 0.25) is 11.8 Å². The van der Waals surface area contributed by atoms with Crippen LogP contribution in [-0.2, 0) is 9.59 Å². The highest BCUT2D eigenvalue weighted by Gasteiger charge is 2.23. The monoisotopic (exact) mass is 466 g/mol. The number of halogens is 1. The second-order valence-corrected chi connectivity index (χ2v) is 9.08. The zero-order valence-electron chi connectivity index (χ0n) is 18.2. The van der Waals surface area contributed by atoms with Gasteiger partial charge < -0.3 is 10.6 Å². The first-order valence-corrected chi connectivity index (χ1v) is 11.9.